The van der Waals surface area contributed by atoms with E-state index in [0.717, 1.165) is 12.0 Å². The number of hydrogen-bond acceptors (Lipinski definition) is 3. The van der Waals surface area contributed by atoms with Crippen LogP contribution in [0, 0.1) is 11.8 Å². The van der Waals surface area contributed by atoms with Crippen molar-refractivity contribution in [1.82, 2.24) is 0 Å². The quantitative estimate of drug-likeness (QED) is 0.589. The molecule has 1 aliphatic heterocycles. The largest absolute Gasteiger partial charge is 0.465 e. The summed E-state index contributed by atoms with van der Waals surface area (Å²) in [7, 11) is 0. The van der Waals surface area contributed by atoms with Crippen LogP contribution in [0.4, 0.5) is 0 Å². The van der Waals surface area contributed by atoms with Crippen molar-refractivity contribution in [2.45, 2.75) is 19.8 Å². The molecule has 0 aliphatic carbocycles. The third-order valence-electron chi connectivity index (χ3n) is 3.20. The van der Waals surface area contributed by atoms with Crippen molar-refractivity contribution in [1.29, 1.82) is 0 Å². The van der Waals surface area contributed by atoms with Gasteiger partial charge in [-0.2, -0.15) is 0 Å². The predicted octanol–water partition coefficient (Wildman–Crippen LogP) is 2.00. The maximum atomic E-state index is 11.7. The Morgan fingerprint density at radius 3 is 2.71 bits per heavy atom. The first-order valence-corrected chi connectivity index (χ1v) is 5.95. The van der Waals surface area contributed by atoms with Gasteiger partial charge >= 0.3 is 5.97 Å². The predicted molar refractivity (Wildman–Crippen MR) is 63.4 cm³/mol. The number of hydrogen-bond donors (Lipinski definition) is 0. The smallest absolute Gasteiger partial charge is 0.316 e. The molecular weight excluding hydrogens is 216 g/mol. The molecule has 2 atom stereocenters. The van der Waals surface area contributed by atoms with Gasteiger partial charge in [0.2, 0.25) is 0 Å². The molecule has 0 aromatic heterocycles. The van der Waals surface area contributed by atoms with Gasteiger partial charge in [0.15, 0.2) is 0 Å². The molecule has 0 N–H and O–H groups in total. The van der Waals surface area contributed by atoms with E-state index in [9.17, 15) is 9.59 Å². The molecule has 1 heterocycles. The fourth-order valence-corrected chi connectivity index (χ4v) is 2.28. The molecular formula is C14H16O3. The van der Waals surface area contributed by atoms with Gasteiger partial charge in [-0.3, -0.25) is 9.59 Å². The maximum Gasteiger partial charge on any atom is 0.316 e. The minimum absolute atomic E-state index is 0.00245. The SMILES string of the molecule is CCC(=O)[C@H]1C(=O)OC[C@H]1Cc1ccccc1. The Morgan fingerprint density at radius 1 is 1.35 bits per heavy atom. The number of ketones is 1. The van der Waals surface area contributed by atoms with E-state index in [1.165, 1.54) is 0 Å². The second-order valence-electron chi connectivity index (χ2n) is 4.38. The maximum absolute atomic E-state index is 11.7. The zero-order valence-electron chi connectivity index (χ0n) is 9.89. The van der Waals surface area contributed by atoms with Crippen LogP contribution in [0.2, 0.25) is 0 Å². The fraction of sp³-hybridized carbons (Fsp3) is 0.429. The van der Waals surface area contributed by atoms with Crippen LogP contribution in [0.5, 0.6) is 0 Å². The third-order valence-corrected chi connectivity index (χ3v) is 3.20. The summed E-state index contributed by atoms with van der Waals surface area (Å²) < 4.78 is 5.01. The van der Waals surface area contributed by atoms with Gasteiger partial charge in [0.25, 0.3) is 0 Å². The number of rotatable bonds is 4. The van der Waals surface area contributed by atoms with E-state index in [1.807, 2.05) is 30.3 Å². The van der Waals surface area contributed by atoms with Gasteiger partial charge in [-0.15, -0.1) is 0 Å². The van der Waals surface area contributed by atoms with Crippen LogP contribution >= 0.6 is 0 Å². The van der Waals surface area contributed by atoms with Crippen LogP contribution in [0.3, 0.4) is 0 Å². The van der Waals surface area contributed by atoms with E-state index >= 15 is 0 Å². The molecule has 1 fully saturated rings. The molecule has 0 amide bonds. The Hall–Kier alpha value is -1.64. The standard InChI is InChI=1S/C14H16O3/c1-2-12(15)13-11(9-17-14(13)16)8-10-6-4-3-5-7-10/h3-7,11,13H,2,8-9H2,1H3/t11-,13+/m1/s1. The van der Waals surface area contributed by atoms with Crippen LogP contribution in [0.25, 0.3) is 0 Å². The first-order chi connectivity index (χ1) is 8.22. The number of carbonyl (C=O) groups is 2. The normalized spacial score (nSPS) is 23.5. The number of Topliss-reactive ketones (excluding diaryl/α,β-unsaturated/α-hetero) is 1. The summed E-state index contributed by atoms with van der Waals surface area (Å²) in [5.74, 6) is -0.913. The van der Waals surface area contributed by atoms with E-state index in [1.54, 1.807) is 6.92 Å². The van der Waals surface area contributed by atoms with Gasteiger partial charge in [-0.05, 0) is 12.0 Å². The minimum Gasteiger partial charge on any atom is -0.465 e. The lowest BCUT2D eigenvalue weighted by molar-refractivity contribution is -0.144. The molecule has 3 nitrogen and oxygen atoms in total. The first kappa shape index (κ1) is 11.8. The zero-order valence-corrected chi connectivity index (χ0v) is 9.89. The lowest BCUT2D eigenvalue weighted by atomic mass is 9.85. The van der Waals surface area contributed by atoms with E-state index < -0.39 is 5.92 Å². The first-order valence-electron chi connectivity index (χ1n) is 5.95. The van der Waals surface area contributed by atoms with Crippen LogP contribution in [-0.4, -0.2) is 18.4 Å². The Bertz CT molecular complexity index is 411. The van der Waals surface area contributed by atoms with E-state index in [4.69, 9.17) is 4.74 Å². The van der Waals surface area contributed by atoms with Crippen molar-refractivity contribution in [2.24, 2.45) is 11.8 Å². The van der Waals surface area contributed by atoms with Crippen LogP contribution in [-0.2, 0) is 20.7 Å². The number of ether oxygens (including phenoxy) is 1. The molecule has 0 unspecified atom stereocenters. The summed E-state index contributed by atoms with van der Waals surface area (Å²) in [6.45, 7) is 2.15. The highest BCUT2D eigenvalue weighted by atomic mass is 16.5. The van der Waals surface area contributed by atoms with Crippen molar-refractivity contribution in [2.75, 3.05) is 6.61 Å². The summed E-state index contributed by atoms with van der Waals surface area (Å²) in [4.78, 5) is 23.3. The zero-order chi connectivity index (χ0) is 12.3. The number of carbonyl (C=O) groups excluding carboxylic acids is 2. The highest BCUT2D eigenvalue weighted by Gasteiger charge is 2.40. The van der Waals surface area contributed by atoms with Crippen molar-refractivity contribution in [3.63, 3.8) is 0 Å². The van der Waals surface area contributed by atoms with Gasteiger partial charge in [-0.1, -0.05) is 37.3 Å². The summed E-state index contributed by atoms with van der Waals surface area (Å²) in [5, 5.41) is 0. The Kier molecular flexibility index (Phi) is 3.57. The summed E-state index contributed by atoms with van der Waals surface area (Å²) in [6, 6.07) is 9.90. The molecule has 1 aliphatic rings. The molecule has 90 valence electrons. The highest BCUT2D eigenvalue weighted by molar-refractivity contribution is 6.00. The lowest BCUT2D eigenvalue weighted by Crippen LogP contribution is -2.26. The Labute approximate surface area is 101 Å². The highest BCUT2D eigenvalue weighted by Crippen LogP contribution is 2.27. The molecule has 1 aromatic rings. The molecule has 3 heteroatoms. The average molecular weight is 232 g/mol. The second kappa shape index (κ2) is 5.13. The van der Waals surface area contributed by atoms with Crippen molar-refractivity contribution < 1.29 is 14.3 Å². The number of cyclic esters (lactones) is 1. The monoisotopic (exact) mass is 232 g/mol. The van der Waals surface area contributed by atoms with E-state index in [-0.39, 0.29) is 17.7 Å². The van der Waals surface area contributed by atoms with Gasteiger partial charge < -0.3 is 4.74 Å². The van der Waals surface area contributed by atoms with Gasteiger partial charge in [0.1, 0.15) is 11.7 Å². The molecule has 17 heavy (non-hydrogen) atoms. The molecule has 0 saturated carbocycles. The van der Waals surface area contributed by atoms with Gasteiger partial charge in [0.05, 0.1) is 6.61 Å². The molecule has 2 rings (SSSR count). The van der Waals surface area contributed by atoms with E-state index in [0.29, 0.717) is 13.0 Å². The average Bonchev–Trinajstić information content (AvgIpc) is 2.71. The van der Waals surface area contributed by atoms with E-state index in [2.05, 4.69) is 0 Å². The summed E-state index contributed by atoms with van der Waals surface area (Å²) in [5.41, 5.74) is 1.14. The second-order valence-corrected chi connectivity index (χ2v) is 4.38. The van der Waals surface area contributed by atoms with Crippen LogP contribution in [0.1, 0.15) is 18.9 Å². The number of benzene rings is 1. The van der Waals surface area contributed by atoms with Crippen molar-refractivity contribution in [3.8, 4) is 0 Å². The van der Waals surface area contributed by atoms with Crippen LogP contribution < -0.4 is 0 Å². The van der Waals surface area contributed by atoms with Crippen LogP contribution in [0.15, 0.2) is 30.3 Å². The Balaban J connectivity index is 2.10. The van der Waals surface area contributed by atoms with Gasteiger partial charge in [-0.25, -0.2) is 0 Å². The molecule has 1 aromatic carbocycles. The van der Waals surface area contributed by atoms with Crippen molar-refractivity contribution >= 4 is 11.8 Å². The van der Waals surface area contributed by atoms with Crippen molar-refractivity contribution in [3.05, 3.63) is 35.9 Å². The molecule has 1 saturated heterocycles. The third kappa shape index (κ3) is 2.54. The molecule has 0 bridgehead atoms. The summed E-state index contributed by atoms with van der Waals surface area (Å²) in [6.07, 6.45) is 1.12. The lowest BCUT2D eigenvalue weighted by Gasteiger charge is -2.13. The van der Waals surface area contributed by atoms with Gasteiger partial charge in [0, 0.05) is 12.3 Å². The topological polar surface area (TPSA) is 43.4 Å². The molecule has 0 spiro atoms. The fourth-order valence-electron chi connectivity index (χ4n) is 2.28. The molecule has 0 radical (unpaired) electrons. The Morgan fingerprint density at radius 2 is 2.06 bits per heavy atom. The summed E-state index contributed by atoms with van der Waals surface area (Å²) >= 11 is 0. The number of esters is 1. The minimum atomic E-state index is -0.555.